The van der Waals surface area contributed by atoms with Gasteiger partial charge in [-0.3, -0.25) is 19.3 Å². The Balaban J connectivity index is 1.48. The lowest BCUT2D eigenvalue weighted by atomic mass is 9.83. The minimum absolute atomic E-state index is 0.00736. The summed E-state index contributed by atoms with van der Waals surface area (Å²) in [6.07, 6.45) is 7.04. The van der Waals surface area contributed by atoms with Crippen molar-refractivity contribution >= 4 is 35.0 Å². The van der Waals surface area contributed by atoms with E-state index in [9.17, 15) is 19.2 Å². The summed E-state index contributed by atoms with van der Waals surface area (Å²) in [5.74, 6) is -0.195. The average Bonchev–Trinajstić information content (AvgIpc) is 3.74. The fourth-order valence-corrected chi connectivity index (χ4v) is 7.03. The normalized spacial score (nSPS) is 18.3. The van der Waals surface area contributed by atoms with Gasteiger partial charge >= 0.3 is 6.09 Å². The van der Waals surface area contributed by atoms with E-state index in [1.165, 1.54) is 23.3 Å². The van der Waals surface area contributed by atoms with Crippen molar-refractivity contribution in [1.82, 2.24) is 20.1 Å². The Morgan fingerprint density at radius 1 is 1.11 bits per heavy atom. The Bertz CT molecular complexity index is 1380. The van der Waals surface area contributed by atoms with Crippen LogP contribution in [0.3, 0.4) is 0 Å². The maximum atomic E-state index is 14.3. The predicted octanol–water partition coefficient (Wildman–Crippen LogP) is 5.51. The third-order valence-electron chi connectivity index (χ3n) is 8.82. The van der Waals surface area contributed by atoms with Gasteiger partial charge in [0.2, 0.25) is 17.6 Å². The molecule has 1 aliphatic carbocycles. The quantitative estimate of drug-likeness (QED) is 0.210. The average molecular weight is 671 g/mol. The Labute approximate surface area is 282 Å². The van der Waals surface area contributed by atoms with Gasteiger partial charge in [0.1, 0.15) is 34.1 Å². The SMILES string of the molecule is C[C@@H](C(=O)N[C@H](C(=O)N1CCC[C@H]1c1nc(C(=O)c2cccc(OCCCCO)c2)cs1)C1CCCCC1)N(C)C(=O)OC(C)(C)C. The molecule has 1 aromatic heterocycles. The van der Waals surface area contributed by atoms with Crippen LogP contribution in [0.1, 0.15) is 113 Å². The van der Waals surface area contributed by atoms with Crippen LogP contribution in [0.4, 0.5) is 4.79 Å². The summed E-state index contributed by atoms with van der Waals surface area (Å²) >= 11 is 1.37. The highest BCUT2D eigenvalue weighted by molar-refractivity contribution is 7.10. The van der Waals surface area contributed by atoms with E-state index < -0.39 is 29.7 Å². The molecule has 0 unspecified atom stereocenters. The van der Waals surface area contributed by atoms with E-state index in [1.54, 1.807) is 57.3 Å². The molecule has 12 heteroatoms. The minimum atomic E-state index is -0.838. The third kappa shape index (κ3) is 9.76. The summed E-state index contributed by atoms with van der Waals surface area (Å²) in [6, 6.07) is 5.14. The van der Waals surface area contributed by atoms with Crippen LogP contribution in [0, 0.1) is 5.92 Å². The fourth-order valence-electron chi connectivity index (χ4n) is 6.08. The van der Waals surface area contributed by atoms with Crippen LogP contribution in [0.25, 0.3) is 0 Å². The highest BCUT2D eigenvalue weighted by Crippen LogP contribution is 2.36. The molecule has 0 bridgehead atoms. The Kier molecular flexibility index (Phi) is 12.8. The number of aromatic nitrogens is 1. The van der Waals surface area contributed by atoms with Crippen LogP contribution in [-0.4, -0.2) is 88.1 Å². The van der Waals surface area contributed by atoms with Crippen molar-refractivity contribution in [3.8, 4) is 5.75 Å². The topological polar surface area (TPSA) is 138 Å². The summed E-state index contributed by atoms with van der Waals surface area (Å²) in [5.41, 5.74) is 0.0799. The number of ketones is 1. The summed E-state index contributed by atoms with van der Waals surface area (Å²) in [7, 11) is 1.52. The fraction of sp³-hybridized carbons (Fsp3) is 0.629. The first kappa shape index (κ1) is 36.3. The van der Waals surface area contributed by atoms with Gasteiger partial charge in [-0.15, -0.1) is 11.3 Å². The first-order valence-corrected chi connectivity index (χ1v) is 17.7. The molecule has 2 aromatic rings. The van der Waals surface area contributed by atoms with Crippen LogP contribution >= 0.6 is 11.3 Å². The van der Waals surface area contributed by atoms with Crippen LogP contribution in [0.15, 0.2) is 29.6 Å². The number of likely N-dealkylation sites (tertiary alicyclic amines) is 1. The second kappa shape index (κ2) is 16.5. The zero-order chi connectivity index (χ0) is 34.1. The number of hydrogen-bond acceptors (Lipinski definition) is 9. The van der Waals surface area contributed by atoms with Crippen LogP contribution in [-0.2, 0) is 14.3 Å². The number of ether oxygens (including phenoxy) is 2. The van der Waals surface area contributed by atoms with Crippen molar-refractivity contribution in [3.63, 3.8) is 0 Å². The first-order valence-electron chi connectivity index (χ1n) is 16.8. The van der Waals surface area contributed by atoms with Gasteiger partial charge in [-0.1, -0.05) is 31.4 Å². The molecule has 1 saturated carbocycles. The molecule has 2 N–H and O–H groups in total. The summed E-state index contributed by atoms with van der Waals surface area (Å²) in [4.78, 5) is 61.6. The number of carbonyl (C=O) groups excluding carboxylic acids is 4. The number of carbonyl (C=O) groups is 4. The number of nitrogens with one attached hydrogen (secondary N) is 1. The van der Waals surface area contributed by atoms with Gasteiger partial charge in [-0.05, 0) is 84.3 Å². The Morgan fingerprint density at radius 2 is 1.85 bits per heavy atom. The molecule has 2 fully saturated rings. The minimum Gasteiger partial charge on any atom is -0.494 e. The van der Waals surface area contributed by atoms with Crippen molar-refractivity contribution in [2.75, 3.05) is 26.8 Å². The van der Waals surface area contributed by atoms with Gasteiger partial charge < -0.3 is 24.8 Å². The monoisotopic (exact) mass is 670 g/mol. The van der Waals surface area contributed by atoms with Gasteiger partial charge in [0.05, 0.1) is 12.6 Å². The molecule has 4 rings (SSSR count). The summed E-state index contributed by atoms with van der Waals surface area (Å²) < 4.78 is 11.2. The van der Waals surface area contributed by atoms with E-state index in [-0.39, 0.29) is 30.3 Å². The standard InChI is InChI=1S/C35H50N4O7S/c1-23(38(5)34(44)46-35(2,3)4)31(42)37-29(24-13-7-6-8-14-24)33(43)39-18-12-17-28(39)32-36-27(22-47-32)30(41)25-15-11-16-26(21-25)45-20-10-9-19-40/h11,15-16,21-24,28-29,40H,6-10,12-14,17-20H2,1-5H3,(H,37,42)/t23-,28-,29-/m0/s1. The van der Waals surface area contributed by atoms with Gasteiger partial charge in [-0.2, -0.15) is 0 Å². The maximum absolute atomic E-state index is 14.3. The molecule has 47 heavy (non-hydrogen) atoms. The summed E-state index contributed by atoms with van der Waals surface area (Å²) in [5, 5.41) is 14.4. The number of rotatable bonds is 13. The number of nitrogens with zero attached hydrogens (tertiary/aromatic N) is 3. The van der Waals surface area contributed by atoms with Crippen LogP contribution in [0.5, 0.6) is 5.75 Å². The molecule has 258 valence electrons. The van der Waals surface area contributed by atoms with E-state index in [0.29, 0.717) is 54.4 Å². The lowest BCUT2D eigenvalue weighted by Gasteiger charge is -2.36. The van der Waals surface area contributed by atoms with Gasteiger partial charge in [0.15, 0.2) is 0 Å². The van der Waals surface area contributed by atoms with Crippen molar-refractivity contribution < 1.29 is 33.8 Å². The zero-order valence-corrected chi connectivity index (χ0v) is 29.1. The number of benzene rings is 1. The van der Waals surface area contributed by atoms with E-state index in [1.807, 2.05) is 4.90 Å². The summed E-state index contributed by atoms with van der Waals surface area (Å²) in [6.45, 7) is 8.04. The number of hydrogen-bond donors (Lipinski definition) is 2. The molecular weight excluding hydrogens is 620 g/mol. The Morgan fingerprint density at radius 3 is 2.55 bits per heavy atom. The van der Waals surface area contributed by atoms with Crippen molar-refractivity contribution in [1.29, 1.82) is 0 Å². The van der Waals surface area contributed by atoms with Crippen LogP contribution in [0.2, 0.25) is 0 Å². The molecule has 0 spiro atoms. The lowest BCUT2D eigenvalue weighted by Crippen LogP contribution is -2.56. The number of likely N-dealkylation sites (N-methyl/N-ethyl adjacent to an activating group) is 1. The smallest absolute Gasteiger partial charge is 0.410 e. The number of aliphatic hydroxyl groups excluding tert-OH is 1. The van der Waals surface area contributed by atoms with Crippen molar-refractivity contribution in [3.05, 3.63) is 45.9 Å². The molecule has 1 aromatic carbocycles. The first-order chi connectivity index (χ1) is 22.4. The zero-order valence-electron chi connectivity index (χ0n) is 28.3. The van der Waals surface area contributed by atoms with Crippen LogP contribution < -0.4 is 10.1 Å². The predicted molar refractivity (Wildman–Crippen MR) is 179 cm³/mol. The van der Waals surface area contributed by atoms with E-state index in [2.05, 4.69) is 5.32 Å². The van der Waals surface area contributed by atoms with Crippen molar-refractivity contribution in [2.45, 2.75) is 109 Å². The number of thiazole rings is 1. The van der Waals surface area contributed by atoms with E-state index >= 15 is 0 Å². The molecule has 1 aliphatic heterocycles. The lowest BCUT2D eigenvalue weighted by molar-refractivity contribution is -0.140. The molecule has 1 saturated heterocycles. The highest BCUT2D eigenvalue weighted by Gasteiger charge is 2.41. The molecule has 11 nitrogen and oxygen atoms in total. The Hall–Kier alpha value is -3.51. The van der Waals surface area contributed by atoms with E-state index in [4.69, 9.17) is 19.6 Å². The van der Waals surface area contributed by atoms with Gasteiger partial charge in [0, 0.05) is 31.1 Å². The molecule has 3 amide bonds. The molecule has 2 heterocycles. The number of unbranched alkanes of at least 4 members (excludes halogenated alkanes) is 1. The second-order valence-electron chi connectivity index (χ2n) is 13.5. The van der Waals surface area contributed by atoms with Gasteiger partial charge in [0.25, 0.3) is 0 Å². The van der Waals surface area contributed by atoms with E-state index in [0.717, 1.165) is 38.5 Å². The number of aliphatic hydroxyl groups is 1. The molecule has 0 radical (unpaired) electrons. The largest absolute Gasteiger partial charge is 0.494 e. The third-order valence-corrected chi connectivity index (χ3v) is 9.77. The van der Waals surface area contributed by atoms with Crippen molar-refractivity contribution in [2.24, 2.45) is 5.92 Å². The van der Waals surface area contributed by atoms with Gasteiger partial charge in [-0.25, -0.2) is 9.78 Å². The maximum Gasteiger partial charge on any atom is 0.410 e. The second-order valence-corrected chi connectivity index (χ2v) is 14.4. The highest BCUT2D eigenvalue weighted by atomic mass is 32.1. The molecular formula is C35H50N4O7S. The molecule has 3 atom stereocenters. The number of amides is 3. The molecule has 2 aliphatic rings.